The van der Waals surface area contributed by atoms with Gasteiger partial charge in [-0.1, -0.05) is 0 Å². The number of anilines is 1. The fraction of sp³-hybridized carbons (Fsp3) is 0.722. The number of piperidine rings is 1. The summed E-state index contributed by atoms with van der Waals surface area (Å²) in [5, 5.41) is 26.5. The van der Waals surface area contributed by atoms with Crippen molar-refractivity contribution >= 4 is 28.4 Å². The van der Waals surface area contributed by atoms with Crippen molar-refractivity contribution in [3.8, 4) is 0 Å². The number of ether oxygens (including phenoxy) is 1. The van der Waals surface area contributed by atoms with Gasteiger partial charge in [0.25, 0.3) is 0 Å². The van der Waals surface area contributed by atoms with E-state index in [4.69, 9.17) is 29.6 Å². The minimum atomic E-state index is -5.08. The van der Waals surface area contributed by atoms with Crippen molar-refractivity contribution in [3.63, 3.8) is 0 Å². The summed E-state index contributed by atoms with van der Waals surface area (Å²) in [4.78, 5) is 27.0. The number of carbonyl (C=O) groups is 2. The van der Waals surface area contributed by atoms with Gasteiger partial charge in [-0.2, -0.15) is 26.3 Å². The summed E-state index contributed by atoms with van der Waals surface area (Å²) in [6.45, 7) is 6.83. The van der Waals surface area contributed by atoms with Crippen molar-refractivity contribution in [2.24, 2.45) is 5.41 Å². The molecule has 2 aliphatic heterocycles. The Bertz CT molecular complexity index is 730. The Kier molecular flexibility index (Phi) is 11.5. The summed E-state index contributed by atoms with van der Waals surface area (Å²) >= 11 is 1.71. The zero-order valence-corrected chi connectivity index (χ0v) is 18.6. The first-order chi connectivity index (χ1) is 15.7. The smallest absolute Gasteiger partial charge is 0.475 e. The normalized spacial score (nSPS) is 18.7. The number of aliphatic hydroxyl groups excluding tert-OH is 1. The Morgan fingerprint density at radius 3 is 2.00 bits per heavy atom. The zero-order valence-electron chi connectivity index (χ0n) is 17.8. The van der Waals surface area contributed by atoms with Crippen LogP contribution in [-0.2, 0) is 14.3 Å². The molecule has 0 atom stereocenters. The quantitative estimate of drug-likeness (QED) is 0.510. The number of carboxylic acids is 2. The van der Waals surface area contributed by atoms with Crippen LogP contribution in [0.15, 0.2) is 11.6 Å². The maximum Gasteiger partial charge on any atom is 0.490 e. The topological polar surface area (TPSA) is 123 Å². The molecule has 2 saturated heterocycles. The summed E-state index contributed by atoms with van der Waals surface area (Å²) in [7, 11) is 0. The van der Waals surface area contributed by atoms with Gasteiger partial charge in [-0.05, 0) is 25.9 Å². The van der Waals surface area contributed by atoms with Gasteiger partial charge in [0.05, 0.1) is 19.8 Å². The molecule has 3 heterocycles. The number of hydrogen-bond acceptors (Lipinski definition) is 8. The Hall–Kier alpha value is -2.17. The van der Waals surface area contributed by atoms with E-state index in [2.05, 4.69) is 14.8 Å². The standard InChI is InChI=1S/C14H23N3O2S.2C2HF3O2/c18-8-6-16-4-1-14(2-5-16)11-17(7-9-19-12-14)13-15-3-10-20-13;2*3-2(4,5)1(6)7/h3,10,18H,1-2,4-9,11-12H2;2*(H,6,7). The van der Waals surface area contributed by atoms with Gasteiger partial charge in [0.2, 0.25) is 0 Å². The van der Waals surface area contributed by atoms with Gasteiger partial charge in [-0.3, -0.25) is 0 Å². The van der Waals surface area contributed by atoms with E-state index in [1.807, 2.05) is 11.6 Å². The number of aromatic nitrogens is 1. The molecule has 1 aromatic heterocycles. The molecule has 9 nitrogen and oxygen atoms in total. The molecule has 196 valence electrons. The highest BCUT2D eigenvalue weighted by Gasteiger charge is 2.39. The number of likely N-dealkylation sites (tertiary alicyclic amines) is 1. The predicted molar refractivity (Wildman–Crippen MR) is 108 cm³/mol. The molecule has 2 fully saturated rings. The SMILES string of the molecule is O=C(O)C(F)(F)F.O=C(O)C(F)(F)F.OCCN1CCC2(CC1)COCCN(c1nccs1)C2. The number of alkyl halides is 6. The molecule has 0 amide bonds. The van der Waals surface area contributed by atoms with Crippen molar-refractivity contribution in [2.75, 3.05) is 57.4 Å². The highest BCUT2D eigenvalue weighted by Crippen LogP contribution is 2.36. The van der Waals surface area contributed by atoms with Crippen LogP contribution in [0.1, 0.15) is 12.8 Å². The number of halogens is 6. The first-order valence-corrected chi connectivity index (χ1v) is 10.7. The van der Waals surface area contributed by atoms with Crippen LogP contribution in [0.25, 0.3) is 0 Å². The number of β-amino-alcohol motifs (C(OH)–C–C–N with tert-alkyl or cyclic N) is 1. The fourth-order valence-electron chi connectivity index (χ4n) is 3.22. The molecule has 0 unspecified atom stereocenters. The maximum atomic E-state index is 10.6. The van der Waals surface area contributed by atoms with Crippen LogP contribution in [0.2, 0.25) is 0 Å². The molecule has 3 rings (SSSR count). The molecule has 34 heavy (non-hydrogen) atoms. The van der Waals surface area contributed by atoms with E-state index < -0.39 is 24.3 Å². The molecule has 2 aliphatic rings. The first kappa shape index (κ1) is 29.9. The number of hydrogen-bond donors (Lipinski definition) is 3. The fourth-order valence-corrected chi connectivity index (χ4v) is 3.89. The maximum absolute atomic E-state index is 10.6. The minimum absolute atomic E-state index is 0.258. The average molecular weight is 525 g/mol. The third kappa shape index (κ3) is 10.4. The second kappa shape index (κ2) is 13.1. The summed E-state index contributed by atoms with van der Waals surface area (Å²) in [6.07, 6.45) is -5.99. The number of nitrogens with zero attached hydrogens (tertiary/aromatic N) is 3. The number of thiazole rings is 1. The Labute approximate surface area is 194 Å². The van der Waals surface area contributed by atoms with E-state index >= 15 is 0 Å². The number of aliphatic carboxylic acids is 2. The summed E-state index contributed by atoms with van der Waals surface area (Å²) < 4.78 is 69.4. The van der Waals surface area contributed by atoms with Crippen LogP contribution in [-0.4, -0.2) is 102 Å². The van der Waals surface area contributed by atoms with Crippen LogP contribution < -0.4 is 4.90 Å². The lowest BCUT2D eigenvalue weighted by molar-refractivity contribution is -0.193. The number of carboxylic acid groups (broad SMARTS) is 2. The largest absolute Gasteiger partial charge is 0.490 e. The van der Waals surface area contributed by atoms with E-state index in [1.165, 1.54) is 0 Å². The second-order valence-corrected chi connectivity index (χ2v) is 8.33. The Balaban J connectivity index is 0.000000343. The molecule has 3 N–H and O–H groups in total. The summed E-state index contributed by atoms with van der Waals surface area (Å²) in [5.41, 5.74) is 0.258. The van der Waals surface area contributed by atoms with Gasteiger partial charge in [0.15, 0.2) is 5.13 Å². The van der Waals surface area contributed by atoms with Crippen molar-refractivity contribution < 1.29 is 56.0 Å². The first-order valence-electron chi connectivity index (χ1n) is 9.86. The zero-order chi connectivity index (χ0) is 26.0. The van der Waals surface area contributed by atoms with Crippen LogP contribution in [0.5, 0.6) is 0 Å². The van der Waals surface area contributed by atoms with Crippen LogP contribution in [0.4, 0.5) is 31.5 Å². The van der Waals surface area contributed by atoms with Gasteiger partial charge in [-0.25, -0.2) is 14.6 Å². The highest BCUT2D eigenvalue weighted by molar-refractivity contribution is 7.13. The highest BCUT2D eigenvalue weighted by atomic mass is 32.1. The second-order valence-electron chi connectivity index (χ2n) is 7.46. The van der Waals surface area contributed by atoms with Crippen molar-refractivity contribution in [3.05, 3.63) is 11.6 Å². The molecule has 0 aliphatic carbocycles. The van der Waals surface area contributed by atoms with Gasteiger partial charge in [0, 0.05) is 36.6 Å². The van der Waals surface area contributed by atoms with Crippen molar-refractivity contribution in [1.29, 1.82) is 0 Å². The average Bonchev–Trinajstić information content (AvgIpc) is 3.19. The Morgan fingerprint density at radius 2 is 1.59 bits per heavy atom. The molecule has 1 spiro atoms. The van der Waals surface area contributed by atoms with Crippen molar-refractivity contribution in [2.45, 2.75) is 25.2 Å². The van der Waals surface area contributed by atoms with E-state index in [-0.39, 0.29) is 12.0 Å². The van der Waals surface area contributed by atoms with E-state index in [0.717, 1.165) is 63.9 Å². The molecular formula is C18H25F6N3O6S. The van der Waals surface area contributed by atoms with E-state index in [9.17, 15) is 26.3 Å². The molecule has 0 aromatic carbocycles. The Morgan fingerprint density at radius 1 is 1.06 bits per heavy atom. The third-order valence-corrected chi connectivity index (χ3v) is 5.78. The number of rotatable bonds is 3. The molecular weight excluding hydrogens is 500 g/mol. The van der Waals surface area contributed by atoms with Gasteiger partial charge >= 0.3 is 24.3 Å². The molecule has 0 bridgehead atoms. The molecule has 0 saturated carbocycles. The lowest BCUT2D eigenvalue weighted by Crippen LogP contribution is -2.48. The summed E-state index contributed by atoms with van der Waals surface area (Å²) in [6, 6.07) is 0. The van der Waals surface area contributed by atoms with Crippen LogP contribution in [0.3, 0.4) is 0 Å². The lowest BCUT2D eigenvalue weighted by Gasteiger charge is -2.42. The van der Waals surface area contributed by atoms with E-state index in [1.54, 1.807) is 11.3 Å². The molecule has 1 aromatic rings. The van der Waals surface area contributed by atoms with Crippen LogP contribution in [0, 0.1) is 5.41 Å². The molecule has 16 heteroatoms. The predicted octanol–water partition coefficient (Wildman–Crippen LogP) is 2.32. The van der Waals surface area contributed by atoms with E-state index in [0.29, 0.717) is 0 Å². The third-order valence-electron chi connectivity index (χ3n) is 4.95. The lowest BCUT2D eigenvalue weighted by atomic mass is 9.78. The van der Waals surface area contributed by atoms with Crippen molar-refractivity contribution in [1.82, 2.24) is 9.88 Å². The van der Waals surface area contributed by atoms with Gasteiger partial charge < -0.3 is 29.9 Å². The van der Waals surface area contributed by atoms with Gasteiger partial charge in [-0.15, -0.1) is 11.3 Å². The van der Waals surface area contributed by atoms with Crippen LogP contribution >= 0.6 is 11.3 Å². The number of aliphatic hydroxyl groups is 1. The van der Waals surface area contributed by atoms with Gasteiger partial charge in [0.1, 0.15) is 0 Å². The summed E-state index contributed by atoms with van der Waals surface area (Å²) in [5.74, 6) is -5.51. The molecule has 0 radical (unpaired) electrons. The monoisotopic (exact) mass is 525 g/mol. The minimum Gasteiger partial charge on any atom is -0.475 e.